The van der Waals surface area contributed by atoms with Crippen LogP contribution in [0.5, 0.6) is 0 Å². The summed E-state index contributed by atoms with van der Waals surface area (Å²) >= 11 is 3.56. The Kier molecular flexibility index (Phi) is 4.01. The first-order valence-electron chi connectivity index (χ1n) is 6.53. The van der Waals surface area contributed by atoms with Crippen LogP contribution in [0, 0.1) is 12.3 Å². The number of nitrogens with zero attached hydrogens (tertiary/aromatic N) is 3. The monoisotopic (exact) mass is 329 g/mol. The molecule has 1 aliphatic rings. The summed E-state index contributed by atoms with van der Waals surface area (Å²) in [5.74, 6) is -0.669. The molecule has 6 heteroatoms. The molecule has 1 unspecified atom stereocenters. The van der Waals surface area contributed by atoms with Gasteiger partial charge in [0.25, 0.3) is 0 Å². The maximum atomic E-state index is 11.4. The Morgan fingerprint density at radius 1 is 1.58 bits per heavy atom. The third kappa shape index (κ3) is 2.56. The molecule has 1 atom stereocenters. The van der Waals surface area contributed by atoms with Crippen LogP contribution in [0.2, 0.25) is 0 Å². The molecular weight excluding hydrogens is 310 g/mol. The second-order valence-corrected chi connectivity index (χ2v) is 6.16. The molecule has 5 nitrogen and oxygen atoms in total. The van der Waals surface area contributed by atoms with Crippen molar-refractivity contribution < 1.29 is 9.90 Å². The van der Waals surface area contributed by atoms with Crippen molar-refractivity contribution in [1.29, 1.82) is 0 Å². The zero-order valence-corrected chi connectivity index (χ0v) is 13.2. The Bertz CT molecular complexity index is 500. The number of rotatable bonds is 4. The fourth-order valence-corrected chi connectivity index (χ4v) is 3.23. The Labute approximate surface area is 121 Å². The quantitative estimate of drug-likeness (QED) is 0.919. The number of likely N-dealkylation sites (tertiary alicyclic amines) is 1. The molecule has 1 saturated heterocycles. The first-order valence-corrected chi connectivity index (χ1v) is 7.32. The molecule has 1 aromatic heterocycles. The molecule has 0 amide bonds. The molecule has 0 saturated carbocycles. The fraction of sp³-hybridized carbons (Fsp3) is 0.692. The Morgan fingerprint density at radius 3 is 2.68 bits per heavy atom. The summed E-state index contributed by atoms with van der Waals surface area (Å²) in [5, 5.41) is 13.8. The van der Waals surface area contributed by atoms with Gasteiger partial charge in [-0.25, -0.2) is 0 Å². The number of carbonyl (C=O) groups is 1. The normalized spacial score (nSPS) is 24.0. The van der Waals surface area contributed by atoms with Gasteiger partial charge in [-0.2, -0.15) is 5.10 Å². The maximum Gasteiger partial charge on any atom is 0.310 e. The first kappa shape index (κ1) is 14.5. The minimum atomic E-state index is -0.669. The van der Waals surface area contributed by atoms with Gasteiger partial charge >= 0.3 is 5.97 Å². The largest absolute Gasteiger partial charge is 0.481 e. The minimum absolute atomic E-state index is 0.569. The van der Waals surface area contributed by atoms with Gasteiger partial charge in [-0.3, -0.25) is 14.4 Å². The second kappa shape index (κ2) is 5.25. The van der Waals surface area contributed by atoms with Crippen LogP contribution in [-0.2, 0) is 18.4 Å². The summed E-state index contributed by atoms with van der Waals surface area (Å²) in [4.78, 5) is 13.6. The summed E-state index contributed by atoms with van der Waals surface area (Å²) in [6.45, 7) is 6.12. The van der Waals surface area contributed by atoms with Crippen molar-refractivity contribution in [1.82, 2.24) is 14.7 Å². The fourth-order valence-electron chi connectivity index (χ4n) is 2.77. The van der Waals surface area contributed by atoms with E-state index in [1.54, 1.807) is 0 Å². The lowest BCUT2D eigenvalue weighted by atomic mass is 9.84. The first-order chi connectivity index (χ1) is 8.89. The van der Waals surface area contributed by atoms with Crippen LogP contribution in [0.1, 0.15) is 31.2 Å². The summed E-state index contributed by atoms with van der Waals surface area (Å²) in [6, 6.07) is 0. The smallest absolute Gasteiger partial charge is 0.310 e. The van der Waals surface area contributed by atoms with Crippen LogP contribution < -0.4 is 0 Å². The number of aliphatic carboxylic acids is 1. The molecular formula is C13H20BrN3O2. The van der Waals surface area contributed by atoms with E-state index in [0.717, 1.165) is 35.4 Å². The number of carboxylic acids is 1. The van der Waals surface area contributed by atoms with Gasteiger partial charge in [0.15, 0.2) is 0 Å². The lowest BCUT2D eigenvalue weighted by molar-refractivity contribution is -0.148. The lowest BCUT2D eigenvalue weighted by Gasteiger charge is -2.23. The minimum Gasteiger partial charge on any atom is -0.481 e. The van der Waals surface area contributed by atoms with Crippen molar-refractivity contribution in [2.75, 3.05) is 13.1 Å². The van der Waals surface area contributed by atoms with E-state index in [-0.39, 0.29) is 0 Å². The van der Waals surface area contributed by atoms with Crippen LogP contribution in [-0.4, -0.2) is 38.8 Å². The summed E-state index contributed by atoms with van der Waals surface area (Å²) < 4.78 is 2.89. The highest BCUT2D eigenvalue weighted by atomic mass is 79.9. The predicted molar refractivity (Wildman–Crippen MR) is 75.9 cm³/mol. The number of carboxylic acid groups (broad SMARTS) is 1. The second-order valence-electron chi connectivity index (χ2n) is 5.37. The van der Waals surface area contributed by atoms with Gasteiger partial charge in [-0.05, 0) is 42.2 Å². The number of hydrogen-bond acceptors (Lipinski definition) is 3. The zero-order chi connectivity index (χ0) is 14.2. The zero-order valence-electron chi connectivity index (χ0n) is 11.6. The number of aryl methyl sites for hydroxylation is 2. The van der Waals surface area contributed by atoms with Crippen LogP contribution >= 0.6 is 15.9 Å². The van der Waals surface area contributed by atoms with Gasteiger partial charge in [0.1, 0.15) is 0 Å². The van der Waals surface area contributed by atoms with Gasteiger partial charge in [-0.15, -0.1) is 0 Å². The van der Waals surface area contributed by atoms with Crippen molar-refractivity contribution in [3.8, 4) is 0 Å². The SMILES string of the molecule is CCC1(C(=O)O)CCN(Cc2c(Br)c(C)nn2C)C1. The van der Waals surface area contributed by atoms with Gasteiger partial charge in [0, 0.05) is 20.1 Å². The lowest BCUT2D eigenvalue weighted by Crippen LogP contribution is -2.34. The van der Waals surface area contributed by atoms with Crippen LogP contribution in [0.15, 0.2) is 4.47 Å². The van der Waals surface area contributed by atoms with E-state index in [0.29, 0.717) is 13.0 Å². The van der Waals surface area contributed by atoms with Crippen molar-refractivity contribution >= 4 is 21.9 Å². The highest BCUT2D eigenvalue weighted by Crippen LogP contribution is 2.35. The van der Waals surface area contributed by atoms with Gasteiger partial charge in [0.2, 0.25) is 0 Å². The van der Waals surface area contributed by atoms with Gasteiger partial charge in [-0.1, -0.05) is 6.92 Å². The third-order valence-electron chi connectivity index (χ3n) is 4.20. The van der Waals surface area contributed by atoms with E-state index < -0.39 is 11.4 Å². The molecule has 1 aromatic rings. The average Bonchev–Trinajstić information content (AvgIpc) is 2.88. The average molecular weight is 330 g/mol. The molecule has 0 spiro atoms. The van der Waals surface area contributed by atoms with Gasteiger partial charge < -0.3 is 5.11 Å². The number of hydrogen-bond donors (Lipinski definition) is 1. The molecule has 2 heterocycles. The highest BCUT2D eigenvalue weighted by Gasteiger charge is 2.43. The van der Waals surface area contributed by atoms with E-state index in [9.17, 15) is 9.90 Å². The third-order valence-corrected chi connectivity index (χ3v) is 5.23. The standard InChI is InChI=1S/C13H20BrN3O2/c1-4-13(12(18)19)5-6-17(8-13)7-10-11(14)9(2)15-16(10)3/h4-8H2,1-3H3,(H,18,19). The van der Waals surface area contributed by atoms with E-state index in [1.807, 2.05) is 25.6 Å². The highest BCUT2D eigenvalue weighted by molar-refractivity contribution is 9.10. The van der Waals surface area contributed by atoms with E-state index in [1.165, 1.54) is 0 Å². The Morgan fingerprint density at radius 2 is 2.26 bits per heavy atom. The summed E-state index contributed by atoms with van der Waals surface area (Å²) in [6.07, 6.45) is 1.41. The number of aromatic nitrogens is 2. The molecule has 106 valence electrons. The van der Waals surface area contributed by atoms with Crippen LogP contribution in [0.3, 0.4) is 0 Å². The molecule has 0 aliphatic carbocycles. The number of halogens is 1. The van der Waals surface area contributed by atoms with Crippen molar-refractivity contribution in [3.05, 3.63) is 15.9 Å². The van der Waals surface area contributed by atoms with Crippen molar-refractivity contribution in [2.45, 2.75) is 33.2 Å². The molecule has 0 bridgehead atoms. The van der Waals surface area contributed by atoms with Crippen LogP contribution in [0.25, 0.3) is 0 Å². The van der Waals surface area contributed by atoms with Gasteiger partial charge in [0.05, 0.1) is 21.3 Å². The molecule has 1 fully saturated rings. The predicted octanol–water partition coefficient (Wildman–Crippen LogP) is 2.18. The summed E-state index contributed by atoms with van der Waals surface area (Å²) in [5.41, 5.74) is 1.51. The van der Waals surface area contributed by atoms with Crippen LogP contribution in [0.4, 0.5) is 0 Å². The molecule has 1 aliphatic heterocycles. The van der Waals surface area contributed by atoms with Crippen molar-refractivity contribution in [2.24, 2.45) is 12.5 Å². The molecule has 0 radical (unpaired) electrons. The van der Waals surface area contributed by atoms with E-state index in [4.69, 9.17) is 0 Å². The molecule has 2 rings (SSSR count). The molecule has 0 aromatic carbocycles. The maximum absolute atomic E-state index is 11.4. The Balaban J connectivity index is 2.12. The molecule has 1 N–H and O–H groups in total. The molecule has 19 heavy (non-hydrogen) atoms. The topological polar surface area (TPSA) is 58.4 Å². The summed E-state index contributed by atoms with van der Waals surface area (Å²) in [7, 11) is 1.92. The van der Waals surface area contributed by atoms with Crippen molar-refractivity contribution in [3.63, 3.8) is 0 Å². The van der Waals surface area contributed by atoms with E-state index >= 15 is 0 Å². The van der Waals surface area contributed by atoms with E-state index in [2.05, 4.69) is 25.9 Å². The Hall–Kier alpha value is -0.880.